The molecule has 1 aliphatic heterocycles. The molecule has 1 saturated heterocycles. The van der Waals surface area contributed by atoms with E-state index < -0.39 is 6.04 Å². The molecule has 0 radical (unpaired) electrons. The zero-order valence-electron chi connectivity index (χ0n) is 13.9. The molecule has 7 heteroatoms. The zero-order valence-corrected chi connectivity index (χ0v) is 15.4. The van der Waals surface area contributed by atoms with Gasteiger partial charge < -0.3 is 5.11 Å². The molecule has 1 aromatic carbocycles. The molecule has 2 atom stereocenters. The quantitative estimate of drug-likeness (QED) is 0.485. The second-order valence-electron chi connectivity index (χ2n) is 6.93. The number of aliphatic hydroxyl groups excluding tert-OH is 1. The molecule has 1 fully saturated rings. The molecule has 1 N–H and O–H groups in total. The van der Waals surface area contributed by atoms with E-state index in [0.29, 0.717) is 22.9 Å². The molecule has 0 aromatic heterocycles. The van der Waals surface area contributed by atoms with Gasteiger partial charge in [0.15, 0.2) is 0 Å². The maximum atomic E-state index is 11.7. The largest absolute Gasteiger partial charge is 0.393 e. The Balaban J connectivity index is 1.74. The number of allylic oxidation sites excluding steroid dienone is 1. The smallest absolute Gasteiger partial charge is 0.223 e. The Morgan fingerprint density at radius 2 is 2.00 bits per heavy atom. The van der Waals surface area contributed by atoms with E-state index in [4.69, 9.17) is 23.2 Å². The van der Waals surface area contributed by atoms with Crippen LogP contribution in [0.4, 0.5) is 0 Å². The number of hydrogen-bond acceptors (Lipinski definition) is 4. The standard InChI is InChI=1S/C18H22Cl2N2O3/c19-13-2-4-15(17(20)10-13)16-3-1-12(9-18(16)22(24)25)11-21-7-5-14(23)6-8-21/h1-2,4,10,14,16,18,23H,3,5-9,11H2/t16-,18+/m0/s1. The van der Waals surface area contributed by atoms with Crippen LogP contribution >= 0.6 is 23.2 Å². The van der Waals surface area contributed by atoms with Gasteiger partial charge in [0.2, 0.25) is 6.04 Å². The van der Waals surface area contributed by atoms with E-state index in [2.05, 4.69) is 11.0 Å². The van der Waals surface area contributed by atoms with Gasteiger partial charge in [0.1, 0.15) is 0 Å². The van der Waals surface area contributed by atoms with Gasteiger partial charge in [-0.05, 0) is 37.0 Å². The van der Waals surface area contributed by atoms with Crippen molar-refractivity contribution in [2.24, 2.45) is 0 Å². The minimum atomic E-state index is -0.672. The van der Waals surface area contributed by atoms with Crippen molar-refractivity contribution in [1.29, 1.82) is 0 Å². The number of benzene rings is 1. The van der Waals surface area contributed by atoms with Gasteiger partial charge in [-0.15, -0.1) is 0 Å². The van der Waals surface area contributed by atoms with Crippen LogP contribution in [-0.2, 0) is 0 Å². The summed E-state index contributed by atoms with van der Waals surface area (Å²) >= 11 is 12.2. The molecule has 3 rings (SSSR count). The van der Waals surface area contributed by atoms with Crippen LogP contribution < -0.4 is 0 Å². The molecule has 0 bridgehead atoms. The fraction of sp³-hybridized carbons (Fsp3) is 0.556. The van der Waals surface area contributed by atoms with Crippen LogP contribution in [0.2, 0.25) is 10.0 Å². The van der Waals surface area contributed by atoms with Crippen molar-refractivity contribution in [2.75, 3.05) is 19.6 Å². The average Bonchev–Trinajstić information content (AvgIpc) is 2.57. The summed E-state index contributed by atoms with van der Waals surface area (Å²) in [6.07, 6.45) is 4.51. The van der Waals surface area contributed by atoms with E-state index in [9.17, 15) is 15.2 Å². The van der Waals surface area contributed by atoms with Crippen molar-refractivity contribution < 1.29 is 10.0 Å². The first-order chi connectivity index (χ1) is 11.9. The predicted molar refractivity (Wildman–Crippen MR) is 99.0 cm³/mol. The van der Waals surface area contributed by atoms with Crippen LogP contribution in [0.15, 0.2) is 29.8 Å². The number of nitro groups is 1. The highest BCUT2D eigenvalue weighted by atomic mass is 35.5. The normalized spacial score (nSPS) is 25.6. The number of likely N-dealkylation sites (tertiary alicyclic amines) is 1. The molecule has 5 nitrogen and oxygen atoms in total. The number of halogens is 2. The van der Waals surface area contributed by atoms with E-state index in [1.54, 1.807) is 18.2 Å². The maximum absolute atomic E-state index is 11.7. The van der Waals surface area contributed by atoms with Crippen molar-refractivity contribution in [3.8, 4) is 0 Å². The minimum absolute atomic E-state index is 0.178. The summed E-state index contributed by atoms with van der Waals surface area (Å²) in [5.41, 5.74) is 1.91. The van der Waals surface area contributed by atoms with Gasteiger partial charge in [-0.2, -0.15) is 0 Å². The van der Waals surface area contributed by atoms with Crippen molar-refractivity contribution in [3.05, 3.63) is 55.6 Å². The molecule has 0 spiro atoms. The lowest BCUT2D eigenvalue weighted by Crippen LogP contribution is -2.39. The molecule has 25 heavy (non-hydrogen) atoms. The van der Waals surface area contributed by atoms with Gasteiger partial charge in [-0.3, -0.25) is 15.0 Å². The number of hydrogen-bond donors (Lipinski definition) is 1. The first-order valence-corrected chi connectivity index (χ1v) is 9.36. The molecule has 0 saturated carbocycles. The van der Waals surface area contributed by atoms with Gasteiger partial charge in [0.05, 0.1) is 12.0 Å². The van der Waals surface area contributed by atoms with Crippen LogP contribution in [0.3, 0.4) is 0 Å². The van der Waals surface area contributed by atoms with Crippen molar-refractivity contribution in [3.63, 3.8) is 0 Å². The van der Waals surface area contributed by atoms with Crippen LogP contribution in [0.5, 0.6) is 0 Å². The first-order valence-electron chi connectivity index (χ1n) is 8.61. The lowest BCUT2D eigenvalue weighted by Gasteiger charge is -2.32. The monoisotopic (exact) mass is 384 g/mol. The second-order valence-corrected chi connectivity index (χ2v) is 7.78. The third kappa shape index (κ3) is 4.53. The lowest BCUT2D eigenvalue weighted by atomic mass is 9.80. The van der Waals surface area contributed by atoms with Crippen LogP contribution in [0, 0.1) is 10.1 Å². The Bertz CT molecular complexity index is 672. The summed E-state index contributed by atoms with van der Waals surface area (Å²) in [5, 5.41) is 22.3. The molecule has 2 aliphatic rings. The van der Waals surface area contributed by atoms with E-state index >= 15 is 0 Å². The Kier molecular flexibility index (Phi) is 6.00. The number of rotatable bonds is 4. The Morgan fingerprint density at radius 3 is 2.64 bits per heavy atom. The zero-order chi connectivity index (χ0) is 18.0. The molecule has 0 amide bonds. The van der Waals surface area contributed by atoms with Crippen LogP contribution in [0.25, 0.3) is 0 Å². The van der Waals surface area contributed by atoms with Crippen molar-refractivity contribution >= 4 is 23.2 Å². The summed E-state index contributed by atoms with van der Waals surface area (Å²) < 4.78 is 0. The highest BCUT2D eigenvalue weighted by Crippen LogP contribution is 2.38. The number of nitrogens with zero attached hydrogens (tertiary/aromatic N) is 2. The van der Waals surface area contributed by atoms with Crippen molar-refractivity contribution in [1.82, 2.24) is 4.90 Å². The fourth-order valence-corrected chi connectivity index (χ4v) is 4.35. The predicted octanol–water partition coefficient (Wildman–Crippen LogP) is 3.90. The topological polar surface area (TPSA) is 66.6 Å². The molecule has 1 aliphatic carbocycles. The molecule has 1 aromatic rings. The van der Waals surface area contributed by atoms with E-state index in [1.165, 1.54) is 0 Å². The van der Waals surface area contributed by atoms with Gasteiger partial charge in [-0.1, -0.05) is 40.9 Å². The summed E-state index contributed by atoms with van der Waals surface area (Å²) in [5.74, 6) is -0.230. The molecule has 136 valence electrons. The van der Waals surface area contributed by atoms with E-state index in [1.807, 2.05) is 0 Å². The molecule has 0 unspecified atom stereocenters. The summed E-state index contributed by atoms with van der Waals surface area (Å²) in [4.78, 5) is 13.8. The maximum Gasteiger partial charge on any atom is 0.223 e. The Labute approximate surface area is 157 Å². The number of piperidine rings is 1. The van der Waals surface area contributed by atoms with Gasteiger partial charge in [0, 0.05) is 41.0 Å². The molecular weight excluding hydrogens is 363 g/mol. The highest BCUT2D eigenvalue weighted by Gasteiger charge is 2.37. The lowest BCUT2D eigenvalue weighted by molar-refractivity contribution is -0.527. The fourth-order valence-electron chi connectivity index (χ4n) is 3.80. The average molecular weight is 385 g/mol. The minimum Gasteiger partial charge on any atom is -0.393 e. The summed E-state index contributed by atoms with van der Waals surface area (Å²) in [6.45, 7) is 2.43. The van der Waals surface area contributed by atoms with Gasteiger partial charge in [-0.25, -0.2) is 0 Å². The molecular formula is C18H22Cl2N2O3. The highest BCUT2D eigenvalue weighted by molar-refractivity contribution is 6.35. The van der Waals surface area contributed by atoms with Crippen LogP contribution in [0.1, 0.15) is 37.2 Å². The third-order valence-electron chi connectivity index (χ3n) is 5.21. The Morgan fingerprint density at radius 1 is 1.28 bits per heavy atom. The van der Waals surface area contributed by atoms with E-state index in [-0.39, 0.29) is 16.9 Å². The summed E-state index contributed by atoms with van der Waals surface area (Å²) in [7, 11) is 0. The van der Waals surface area contributed by atoms with E-state index in [0.717, 1.165) is 43.6 Å². The van der Waals surface area contributed by atoms with Crippen molar-refractivity contribution in [2.45, 2.75) is 43.7 Å². The van der Waals surface area contributed by atoms with Gasteiger partial charge in [0.25, 0.3) is 0 Å². The SMILES string of the molecule is O=[N+]([O-])[C@@H]1CC(CN2CCC(O)CC2)=CC[C@H]1c1ccc(Cl)cc1Cl. The third-order valence-corrected chi connectivity index (χ3v) is 5.78. The first kappa shape index (κ1) is 18.6. The molecule has 1 heterocycles. The summed E-state index contributed by atoms with van der Waals surface area (Å²) in [6, 6.07) is 4.51. The second kappa shape index (κ2) is 8.04. The van der Waals surface area contributed by atoms with Gasteiger partial charge >= 0.3 is 0 Å². The van der Waals surface area contributed by atoms with Crippen LogP contribution in [-0.4, -0.2) is 46.7 Å². The number of aliphatic hydroxyl groups is 1. The Hall–Kier alpha value is -1.14.